The standard InChI is InChI=1S/C24H25FN8OS/c1-24(25)13-33(14-24)21(34)19-9-16-7-8-32(12-20(16)31(19)2)23-30-29-22(35-23)28-18-5-3-15(4-6-18)17-10-26-27-11-17/h3-6,9-11H,7-8,12-14H2,1-2H3,(H,26,27)(H,28,29). The fraction of sp³-hybridized carbons (Fsp3) is 0.333. The lowest BCUT2D eigenvalue weighted by molar-refractivity contribution is -0.00847. The summed E-state index contributed by atoms with van der Waals surface area (Å²) in [5.74, 6) is -0.107. The van der Waals surface area contributed by atoms with Crippen LogP contribution in [0.5, 0.6) is 0 Å². The minimum absolute atomic E-state index is 0.107. The molecular weight excluding hydrogens is 467 g/mol. The summed E-state index contributed by atoms with van der Waals surface area (Å²) in [4.78, 5) is 16.6. The molecule has 0 spiro atoms. The first kappa shape index (κ1) is 21.8. The summed E-state index contributed by atoms with van der Waals surface area (Å²) in [7, 11) is 1.91. The molecule has 3 aromatic heterocycles. The molecule has 11 heteroatoms. The van der Waals surface area contributed by atoms with Crippen LogP contribution in [0.3, 0.4) is 0 Å². The number of H-pyrrole nitrogens is 1. The first-order chi connectivity index (χ1) is 16.9. The number of aromatic amines is 1. The summed E-state index contributed by atoms with van der Waals surface area (Å²) >= 11 is 1.50. The number of nitrogens with one attached hydrogen (secondary N) is 2. The van der Waals surface area contributed by atoms with Crippen LogP contribution in [0, 0.1) is 0 Å². The van der Waals surface area contributed by atoms with Crippen molar-refractivity contribution in [2.45, 2.75) is 25.6 Å². The molecule has 0 radical (unpaired) electrons. The molecule has 9 nitrogen and oxygen atoms in total. The Balaban J connectivity index is 1.13. The van der Waals surface area contributed by atoms with Crippen molar-refractivity contribution < 1.29 is 9.18 Å². The Hall–Kier alpha value is -3.73. The van der Waals surface area contributed by atoms with E-state index < -0.39 is 5.67 Å². The second kappa shape index (κ2) is 8.19. The molecule has 0 aliphatic carbocycles. The number of halogens is 1. The Bertz CT molecular complexity index is 1370. The number of amides is 1. The van der Waals surface area contributed by atoms with Gasteiger partial charge in [-0.25, -0.2) is 4.39 Å². The molecule has 0 atom stereocenters. The zero-order chi connectivity index (χ0) is 24.2. The highest BCUT2D eigenvalue weighted by Gasteiger charge is 2.42. The van der Waals surface area contributed by atoms with Gasteiger partial charge in [-0.3, -0.25) is 9.89 Å². The van der Waals surface area contributed by atoms with Crippen molar-refractivity contribution >= 4 is 33.2 Å². The number of benzene rings is 1. The summed E-state index contributed by atoms with van der Waals surface area (Å²) in [6.45, 7) is 3.28. The number of nitrogens with zero attached hydrogens (tertiary/aromatic N) is 6. The summed E-state index contributed by atoms with van der Waals surface area (Å²) in [5.41, 5.74) is 4.64. The largest absolute Gasteiger partial charge is 0.342 e. The van der Waals surface area contributed by atoms with Crippen LogP contribution in [0.1, 0.15) is 28.7 Å². The molecule has 1 fully saturated rings. The van der Waals surface area contributed by atoms with E-state index in [2.05, 4.69) is 30.6 Å². The number of likely N-dealkylation sites (tertiary alicyclic amines) is 1. The number of anilines is 3. The van der Waals surface area contributed by atoms with E-state index in [-0.39, 0.29) is 19.0 Å². The number of hydrogen-bond donors (Lipinski definition) is 2. The summed E-state index contributed by atoms with van der Waals surface area (Å²) < 4.78 is 15.8. The average molecular weight is 493 g/mol. The van der Waals surface area contributed by atoms with Gasteiger partial charge in [0.25, 0.3) is 5.91 Å². The Morgan fingerprint density at radius 2 is 2.00 bits per heavy atom. The Kier molecular flexibility index (Phi) is 5.10. The zero-order valence-corrected chi connectivity index (χ0v) is 20.3. The molecule has 0 bridgehead atoms. The van der Waals surface area contributed by atoms with E-state index >= 15 is 0 Å². The molecular formula is C24H25FN8OS. The van der Waals surface area contributed by atoms with Crippen LogP contribution < -0.4 is 10.2 Å². The van der Waals surface area contributed by atoms with E-state index in [1.165, 1.54) is 18.3 Å². The minimum Gasteiger partial charge on any atom is -0.342 e. The number of carbonyl (C=O) groups is 1. The number of aromatic nitrogens is 5. The molecule has 2 aliphatic heterocycles. The number of hydrogen-bond acceptors (Lipinski definition) is 7. The predicted octanol–water partition coefficient (Wildman–Crippen LogP) is 3.76. The van der Waals surface area contributed by atoms with Crippen LogP contribution in [-0.4, -0.2) is 61.1 Å². The van der Waals surface area contributed by atoms with Gasteiger partial charge in [-0.05, 0) is 42.7 Å². The second-order valence-corrected chi connectivity index (χ2v) is 10.3. The van der Waals surface area contributed by atoms with Crippen molar-refractivity contribution in [1.29, 1.82) is 0 Å². The van der Waals surface area contributed by atoms with Gasteiger partial charge in [0, 0.05) is 36.7 Å². The zero-order valence-electron chi connectivity index (χ0n) is 19.5. The van der Waals surface area contributed by atoms with Crippen molar-refractivity contribution in [1.82, 2.24) is 29.9 Å². The average Bonchev–Trinajstić information content (AvgIpc) is 3.59. The fourth-order valence-corrected chi connectivity index (χ4v) is 5.53. The van der Waals surface area contributed by atoms with Crippen LogP contribution in [0.25, 0.3) is 11.1 Å². The van der Waals surface area contributed by atoms with Crippen molar-refractivity contribution in [3.63, 3.8) is 0 Å². The van der Waals surface area contributed by atoms with E-state index in [0.29, 0.717) is 12.2 Å². The molecule has 1 amide bonds. The third kappa shape index (κ3) is 4.05. The van der Waals surface area contributed by atoms with E-state index in [1.807, 2.05) is 48.1 Å². The molecule has 2 N–H and O–H groups in total. The molecule has 0 unspecified atom stereocenters. The monoisotopic (exact) mass is 492 g/mol. The van der Waals surface area contributed by atoms with Crippen LogP contribution in [0.15, 0.2) is 42.7 Å². The maximum Gasteiger partial charge on any atom is 0.270 e. The molecule has 2 aliphatic rings. The van der Waals surface area contributed by atoms with E-state index in [9.17, 15) is 9.18 Å². The predicted molar refractivity (Wildman–Crippen MR) is 133 cm³/mol. The van der Waals surface area contributed by atoms with Gasteiger partial charge in [0.05, 0.1) is 25.8 Å². The first-order valence-corrected chi connectivity index (χ1v) is 12.3. The van der Waals surface area contributed by atoms with Gasteiger partial charge in [0.15, 0.2) is 0 Å². The van der Waals surface area contributed by atoms with Crippen molar-refractivity contribution in [3.05, 3.63) is 59.7 Å². The van der Waals surface area contributed by atoms with Gasteiger partial charge in [-0.2, -0.15) is 5.10 Å². The Morgan fingerprint density at radius 1 is 1.20 bits per heavy atom. The third-order valence-electron chi connectivity index (χ3n) is 6.64. The fourth-order valence-electron chi connectivity index (χ4n) is 4.74. The molecule has 5 heterocycles. The molecule has 0 saturated carbocycles. The lowest BCUT2D eigenvalue weighted by Crippen LogP contribution is -2.59. The molecule has 1 aromatic carbocycles. The van der Waals surface area contributed by atoms with Gasteiger partial charge in [-0.15, -0.1) is 10.2 Å². The summed E-state index contributed by atoms with van der Waals surface area (Å²) in [6.07, 6.45) is 4.47. The molecule has 4 aromatic rings. The van der Waals surface area contributed by atoms with Crippen LogP contribution >= 0.6 is 11.3 Å². The number of fused-ring (bicyclic) bond motifs is 1. The highest BCUT2D eigenvalue weighted by molar-refractivity contribution is 7.19. The quantitative estimate of drug-likeness (QED) is 0.441. The molecule has 180 valence electrons. The lowest BCUT2D eigenvalue weighted by atomic mass is 9.98. The smallest absolute Gasteiger partial charge is 0.270 e. The first-order valence-electron chi connectivity index (χ1n) is 11.5. The van der Waals surface area contributed by atoms with Crippen LogP contribution in [0.4, 0.5) is 20.3 Å². The second-order valence-electron chi connectivity index (χ2n) is 9.39. The highest BCUT2D eigenvalue weighted by Crippen LogP contribution is 2.33. The molecule has 1 saturated heterocycles. The maximum atomic E-state index is 13.9. The summed E-state index contributed by atoms with van der Waals surface area (Å²) in [6, 6.07) is 10.0. The molecule has 6 rings (SSSR count). The molecule has 35 heavy (non-hydrogen) atoms. The van der Waals surface area contributed by atoms with Gasteiger partial charge in [0.2, 0.25) is 10.3 Å². The lowest BCUT2D eigenvalue weighted by Gasteiger charge is -2.42. The highest BCUT2D eigenvalue weighted by atomic mass is 32.1. The number of carbonyl (C=O) groups excluding carboxylic acids is 1. The van der Waals surface area contributed by atoms with Crippen molar-refractivity contribution in [2.24, 2.45) is 7.05 Å². The van der Waals surface area contributed by atoms with E-state index in [0.717, 1.165) is 51.3 Å². The third-order valence-corrected chi connectivity index (χ3v) is 7.54. The van der Waals surface area contributed by atoms with Crippen LogP contribution in [-0.2, 0) is 20.0 Å². The Morgan fingerprint density at radius 3 is 2.71 bits per heavy atom. The van der Waals surface area contributed by atoms with Crippen LogP contribution in [0.2, 0.25) is 0 Å². The number of alkyl halides is 1. The normalized spacial score (nSPS) is 16.7. The van der Waals surface area contributed by atoms with E-state index in [1.54, 1.807) is 11.1 Å². The summed E-state index contributed by atoms with van der Waals surface area (Å²) in [5, 5.41) is 20.4. The topological polar surface area (TPSA) is 95.0 Å². The maximum absolute atomic E-state index is 13.9. The Labute approximate surface area is 205 Å². The SMILES string of the molecule is Cn1c(C(=O)N2CC(C)(F)C2)cc2c1CN(c1nnc(Nc3ccc(-c4cn[nH]c4)cc3)s1)CC2. The van der Waals surface area contributed by atoms with Gasteiger partial charge in [-0.1, -0.05) is 23.5 Å². The van der Waals surface area contributed by atoms with Gasteiger partial charge in [0.1, 0.15) is 11.4 Å². The van der Waals surface area contributed by atoms with Gasteiger partial charge < -0.3 is 19.7 Å². The van der Waals surface area contributed by atoms with E-state index in [4.69, 9.17) is 0 Å². The number of rotatable bonds is 5. The minimum atomic E-state index is -1.28. The van der Waals surface area contributed by atoms with Crippen molar-refractivity contribution in [3.8, 4) is 11.1 Å². The van der Waals surface area contributed by atoms with Gasteiger partial charge >= 0.3 is 0 Å². The van der Waals surface area contributed by atoms with Crippen molar-refractivity contribution in [2.75, 3.05) is 29.9 Å².